The van der Waals surface area contributed by atoms with Crippen LogP contribution in [0.15, 0.2) is 17.0 Å². The van der Waals surface area contributed by atoms with E-state index in [0.717, 1.165) is 39.1 Å². The molecule has 22 heavy (non-hydrogen) atoms. The van der Waals surface area contributed by atoms with Gasteiger partial charge in [0.2, 0.25) is 0 Å². The average Bonchev–Trinajstić information content (AvgIpc) is 2.71. The summed E-state index contributed by atoms with van der Waals surface area (Å²) in [6, 6.07) is 3.71. The molecule has 0 saturated carbocycles. The van der Waals surface area contributed by atoms with Gasteiger partial charge in [0.05, 0.1) is 12.0 Å². The summed E-state index contributed by atoms with van der Waals surface area (Å²) in [4.78, 5) is 24.5. The zero-order valence-electron chi connectivity index (χ0n) is 12.4. The number of amides is 1. The molecule has 1 heterocycles. The van der Waals surface area contributed by atoms with Crippen molar-refractivity contribution in [2.24, 2.45) is 0 Å². The number of carboxylic acids is 1. The second-order valence-corrected chi connectivity index (χ2v) is 6.44. The second-order valence-electron chi connectivity index (χ2n) is 4.77. The van der Waals surface area contributed by atoms with Gasteiger partial charge in [-0.2, -0.15) is 0 Å². The van der Waals surface area contributed by atoms with Crippen LogP contribution in [-0.2, 0) is 9.59 Å². The number of thiocarbonyl (C=S) groups is 1. The van der Waals surface area contributed by atoms with Gasteiger partial charge in [0.15, 0.2) is 0 Å². The van der Waals surface area contributed by atoms with E-state index in [1.807, 2.05) is 26.0 Å². The predicted molar refractivity (Wildman–Crippen MR) is 90.0 cm³/mol. The number of rotatable bonds is 4. The number of thioether (sulfide) groups is 1. The molecule has 2 rings (SSSR count). The zero-order valence-corrected chi connectivity index (χ0v) is 14.0. The molecular formula is C15H15NO4S2. The number of carboxylic acid groups (broad SMARTS) is 1. The van der Waals surface area contributed by atoms with Crippen LogP contribution in [0.3, 0.4) is 0 Å². The highest BCUT2D eigenvalue weighted by molar-refractivity contribution is 8.26. The van der Waals surface area contributed by atoms with Crippen LogP contribution in [0.2, 0.25) is 0 Å². The highest BCUT2D eigenvalue weighted by atomic mass is 32.2. The lowest BCUT2D eigenvalue weighted by Crippen LogP contribution is -2.33. The zero-order chi connectivity index (χ0) is 16.4. The van der Waals surface area contributed by atoms with Crippen molar-refractivity contribution in [3.8, 4) is 5.75 Å². The van der Waals surface area contributed by atoms with Gasteiger partial charge in [-0.25, -0.2) is 0 Å². The Labute approximate surface area is 137 Å². The maximum Gasteiger partial charge on any atom is 0.323 e. The highest BCUT2D eigenvalue weighted by Crippen LogP contribution is 2.34. The lowest BCUT2D eigenvalue weighted by Gasteiger charge is -2.11. The predicted octanol–water partition coefficient (Wildman–Crippen LogP) is 2.60. The molecule has 0 aliphatic carbocycles. The van der Waals surface area contributed by atoms with Gasteiger partial charge in [-0.15, -0.1) is 0 Å². The summed E-state index contributed by atoms with van der Waals surface area (Å²) < 4.78 is 5.53. The molecule has 7 heteroatoms. The summed E-state index contributed by atoms with van der Waals surface area (Å²) in [6.07, 6.45) is 1.74. The maximum atomic E-state index is 12.2. The van der Waals surface area contributed by atoms with Crippen molar-refractivity contribution in [1.82, 2.24) is 4.90 Å². The van der Waals surface area contributed by atoms with Crippen molar-refractivity contribution in [1.29, 1.82) is 0 Å². The van der Waals surface area contributed by atoms with Gasteiger partial charge in [0.25, 0.3) is 5.91 Å². The van der Waals surface area contributed by atoms with Gasteiger partial charge in [0, 0.05) is 0 Å². The van der Waals surface area contributed by atoms with E-state index < -0.39 is 12.5 Å². The molecule has 0 spiro atoms. The van der Waals surface area contributed by atoms with Crippen LogP contribution in [0.5, 0.6) is 5.75 Å². The van der Waals surface area contributed by atoms with E-state index in [2.05, 4.69) is 0 Å². The number of carbonyl (C=O) groups is 2. The molecule has 1 aromatic carbocycles. The number of nitrogens with zero attached hydrogens (tertiary/aromatic N) is 1. The summed E-state index contributed by atoms with van der Waals surface area (Å²) in [5, 5.41) is 8.83. The van der Waals surface area contributed by atoms with E-state index in [4.69, 9.17) is 22.1 Å². The first-order chi connectivity index (χ1) is 10.3. The average molecular weight is 337 g/mol. The fraction of sp³-hybridized carbons (Fsp3) is 0.267. The molecular weight excluding hydrogens is 322 g/mol. The van der Waals surface area contributed by atoms with Crippen LogP contribution in [0, 0.1) is 13.8 Å². The van der Waals surface area contributed by atoms with Crippen LogP contribution in [-0.4, -0.2) is 39.9 Å². The Hall–Kier alpha value is -1.86. The summed E-state index contributed by atoms with van der Waals surface area (Å²) >= 11 is 6.19. The van der Waals surface area contributed by atoms with Crippen LogP contribution in [0.25, 0.3) is 6.08 Å². The Morgan fingerprint density at radius 2 is 2.09 bits per heavy atom. The molecule has 0 radical (unpaired) electrons. The molecule has 0 aromatic heterocycles. The molecule has 5 nitrogen and oxygen atoms in total. The molecule has 1 fully saturated rings. The first kappa shape index (κ1) is 16.5. The van der Waals surface area contributed by atoms with Crippen LogP contribution >= 0.6 is 24.0 Å². The number of benzene rings is 1. The van der Waals surface area contributed by atoms with Crippen LogP contribution in [0.4, 0.5) is 0 Å². The number of aliphatic carboxylic acids is 1. The Morgan fingerprint density at radius 3 is 2.68 bits per heavy atom. The molecule has 0 unspecified atom stereocenters. The minimum Gasteiger partial charge on any atom is -0.496 e. The van der Waals surface area contributed by atoms with Crippen molar-refractivity contribution < 1.29 is 19.4 Å². The SMILES string of the molecule is COc1ccc(/C=C2\SC(=S)N(CC(=O)O)C2=O)c(C)c1C. The van der Waals surface area contributed by atoms with Crippen molar-refractivity contribution in [2.75, 3.05) is 13.7 Å². The smallest absolute Gasteiger partial charge is 0.323 e. The van der Waals surface area contributed by atoms with Gasteiger partial charge in [-0.1, -0.05) is 30.0 Å². The maximum absolute atomic E-state index is 12.2. The van der Waals surface area contributed by atoms with Gasteiger partial charge in [-0.3, -0.25) is 14.5 Å². The van der Waals surface area contributed by atoms with Crippen LogP contribution < -0.4 is 4.74 Å². The summed E-state index contributed by atoms with van der Waals surface area (Å²) in [7, 11) is 1.61. The van der Waals surface area contributed by atoms with Gasteiger partial charge >= 0.3 is 5.97 Å². The van der Waals surface area contributed by atoms with E-state index >= 15 is 0 Å². The van der Waals surface area contributed by atoms with Crippen molar-refractivity contribution in [2.45, 2.75) is 13.8 Å². The largest absolute Gasteiger partial charge is 0.496 e. The summed E-state index contributed by atoms with van der Waals surface area (Å²) in [5.41, 5.74) is 2.88. The van der Waals surface area contributed by atoms with Crippen LogP contribution in [0.1, 0.15) is 16.7 Å². The minimum absolute atomic E-state index is 0.265. The fourth-order valence-electron chi connectivity index (χ4n) is 2.11. The third-order valence-electron chi connectivity index (χ3n) is 3.45. The number of ether oxygens (including phenoxy) is 1. The molecule has 1 N–H and O–H groups in total. The van der Waals surface area contributed by atoms with Gasteiger partial charge < -0.3 is 9.84 Å². The van der Waals surface area contributed by atoms with Crippen molar-refractivity contribution >= 4 is 46.3 Å². The molecule has 1 aliphatic heterocycles. The topological polar surface area (TPSA) is 66.8 Å². The molecule has 1 aromatic rings. The normalized spacial score (nSPS) is 16.5. The van der Waals surface area contributed by atoms with Crippen molar-refractivity contribution in [3.05, 3.63) is 33.7 Å². The molecule has 1 aliphatic rings. The quantitative estimate of drug-likeness (QED) is 0.673. The lowest BCUT2D eigenvalue weighted by atomic mass is 10.0. The molecule has 0 bridgehead atoms. The lowest BCUT2D eigenvalue weighted by molar-refractivity contribution is -0.140. The first-order valence-corrected chi connectivity index (χ1v) is 7.69. The first-order valence-electron chi connectivity index (χ1n) is 6.46. The Balaban J connectivity index is 2.35. The second kappa shape index (κ2) is 6.50. The highest BCUT2D eigenvalue weighted by Gasteiger charge is 2.33. The minimum atomic E-state index is -1.09. The molecule has 1 amide bonds. The number of methoxy groups -OCH3 is 1. The van der Waals surface area contributed by atoms with E-state index in [1.165, 1.54) is 0 Å². The van der Waals surface area contributed by atoms with Gasteiger partial charge in [-0.05, 0) is 42.7 Å². The van der Waals surface area contributed by atoms with E-state index in [1.54, 1.807) is 13.2 Å². The molecule has 0 atom stereocenters. The summed E-state index contributed by atoms with van der Waals surface area (Å²) in [5.74, 6) is -0.674. The Morgan fingerprint density at radius 1 is 1.41 bits per heavy atom. The Kier molecular flexibility index (Phi) is 4.87. The van der Waals surface area contributed by atoms with Gasteiger partial charge in [0.1, 0.15) is 16.6 Å². The fourth-order valence-corrected chi connectivity index (χ4v) is 3.35. The summed E-state index contributed by atoms with van der Waals surface area (Å²) in [6.45, 7) is 3.48. The number of hydrogen-bond donors (Lipinski definition) is 1. The van der Waals surface area contributed by atoms with Crippen molar-refractivity contribution in [3.63, 3.8) is 0 Å². The standard InChI is InChI=1S/C15H15NO4S2/c1-8-9(2)11(20-3)5-4-10(8)6-12-14(19)16(7-13(17)18)15(21)22-12/h4-6H,7H2,1-3H3,(H,17,18)/b12-6-. The van der Waals surface area contributed by atoms with E-state index in [9.17, 15) is 9.59 Å². The monoisotopic (exact) mass is 337 g/mol. The Bertz CT molecular complexity index is 697. The molecule has 116 valence electrons. The third kappa shape index (κ3) is 3.15. The van der Waals surface area contributed by atoms with E-state index in [0.29, 0.717) is 4.91 Å². The van der Waals surface area contributed by atoms with E-state index in [-0.39, 0.29) is 10.2 Å². The number of hydrogen-bond acceptors (Lipinski definition) is 5. The molecule has 1 saturated heterocycles. The number of carbonyl (C=O) groups excluding carboxylic acids is 1. The third-order valence-corrected chi connectivity index (χ3v) is 4.83.